The van der Waals surface area contributed by atoms with E-state index >= 15 is 0 Å². The van der Waals surface area contributed by atoms with E-state index in [0.717, 1.165) is 17.0 Å². The summed E-state index contributed by atoms with van der Waals surface area (Å²) in [5.41, 5.74) is 3.01. The molecule has 0 aliphatic carbocycles. The Morgan fingerprint density at radius 3 is 2.94 bits per heavy atom. The monoisotopic (exact) mass is 210 g/mol. The maximum atomic E-state index is 4.18. The quantitative estimate of drug-likeness (QED) is 0.617. The van der Waals surface area contributed by atoms with Gasteiger partial charge in [0, 0.05) is 24.2 Å². The van der Waals surface area contributed by atoms with Gasteiger partial charge in [0.2, 0.25) is 0 Å². The highest BCUT2D eigenvalue weighted by atomic mass is 15.2. The highest BCUT2D eigenvalue weighted by Crippen LogP contribution is 2.17. The number of hydrogen-bond donors (Lipinski definition) is 0. The highest BCUT2D eigenvalue weighted by Gasteiger charge is 2.06. The van der Waals surface area contributed by atoms with E-state index in [1.54, 1.807) is 12.4 Å². The molecular weight excluding hydrogens is 200 g/mol. The average molecular weight is 210 g/mol. The molecule has 3 aromatic heterocycles. The van der Waals surface area contributed by atoms with Crippen molar-refractivity contribution in [3.8, 4) is 11.4 Å². The van der Waals surface area contributed by atoms with E-state index in [9.17, 15) is 0 Å². The summed E-state index contributed by atoms with van der Waals surface area (Å²) in [6.45, 7) is 2.04. The first-order valence-electron chi connectivity index (χ1n) is 5.06. The number of hydrogen-bond acceptors (Lipinski definition) is 3. The maximum absolute atomic E-state index is 4.18. The fourth-order valence-corrected chi connectivity index (χ4v) is 1.68. The summed E-state index contributed by atoms with van der Waals surface area (Å²) in [5.74, 6) is 0.822. The second-order valence-electron chi connectivity index (χ2n) is 3.70. The lowest BCUT2D eigenvalue weighted by atomic mass is 10.2. The minimum atomic E-state index is 0.822. The van der Waals surface area contributed by atoms with Crippen LogP contribution in [0.2, 0.25) is 0 Å². The predicted molar refractivity (Wildman–Crippen MR) is 61.0 cm³/mol. The molecule has 3 aromatic rings. The van der Waals surface area contributed by atoms with E-state index in [2.05, 4.69) is 15.2 Å². The lowest BCUT2D eigenvalue weighted by Crippen LogP contribution is -1.89. The van der Waals surface area contributed by atoms with Crippen LogP contribution in [0.15, 0.2) is 42.9 Å². The molecule has 0 amide bonds. The van der Waals surface area contributed by atoms with Gasteiger partial charge in [0.25, 0.3) is 0 Å². The first-order valence-corrected chi connectivity index (χ1v) is 5.06. The third-order valence-electron chi connectivity index (χ3n) is 2.49. The number of fused-ring (bicyclic) bond motifs is 1. The van der Waals surface area contributed by atoms with Crippen LogP contribution < -0.4 is 0 Å². The summed E-state index contributed by atoms with van der Waals surface area (Å²) >= 11 is 0. The second kappa shape index (κ2) is 3.41. The molecule has 0 atom stereocenters. The van der Waals surface area contributed by atoms with E-state index in [1.807, 2.05) is 41.8 Å². The molecule has 0 saturated carbocycles. The zero-order chi connectivity index (χ0) is 11.0. The SMILES string of the molecule is Cc1ccn2c(-c3cccnc3)nnc2c1. The van der Waals surface area contributed by atoms with Crippen LogP contribution in [-0.2, 0) is 0 Å². The maximum Gasteiger partial charge on any atom is 0.169 e. The van der Waals surface area contributed by atoms with Crippen molar-refractivity contribution in [3.63, 3.8) is 0 Å². The van der Waals surface area contributed by atoms with Crippen molar-refractivity contribution in [2.24, 2.45) is 0 Å². The molecule has 78 valence electrons. The number of pyridine rings is 2. The van der Waals surface area contributed by atoms with Gasteiger partial charge >= 0.3 is 0 Å². The average Bonchev–Trinajstić information content (AvgIpc) is 2.73. The van der Waals surface area contributed by atoms with E-state index in [1.165, 1.54) is 5.56 Å². The van der Waals surface area contributed by atoms with Crippen LogP contribution in [0.25, 0.3) is 17.0 Å². The fourth-order valence-electron chi connectivity index (χ4n) is 1.68. The standard InChI is InChI=1S/C12H10N4/c1-9-4-6-16-11(7-9)14-15-12(16)10-3-2-5-13-8-10/h2-8H,1H3. The summed E-state index contributed by atoms with van der Waals surface area (Å²) in [5, 5.41) is 8.32. The molecule has 0 radical (unpaired) electrons. The van der Waals surface area contributed by atoms with Crippen LogP contribution in [0.5, 0.6) is 0 Å². The molecule has 0 spiro atoms. The van der Waals surface area contributed by atoms with Gasteiger partial charge in [-0.1, -0.05) is 0 Å². The largest absolute Gasteiger partial charge is 0.282 e. The van der Waals surface area contributed by atoms with Gasteiger partial charge in [-0.2, -0.15) is 0 Å². The highest BCUT2D eigenvalue weighted by molar-refractivity contribution is 5.58. The van der Waals surface area contributed by atoms with E-state index in [4.69, 9.17) is 0 Å². The molecule has 0 aliphatic heterocycles. The van der Waals surface area contributed by atoms with Crippen LogP contribution in [0.1, 0.15) is 5.56 Å². The van der Waals surface area contributed by atoms with Crippen molar-refractivity contribution >= 4 is 5.65 Å². The van der Waals surface area contributed by atoms with Gasteiger partial charge in [-0.25, -0.2) is 0 Å². The van der Waals surface area contributed by atoms with Crippen molar-refractivity contribution in [3.05, 3.63) is 48.4 Å². The Hall–Kier alpha value is -2.23. The van der Waals surface area contributed by atoms with Crippen molar-refractivity contribution in [1.82, 2.24) is 19.6 Å². The summed E-state index contributed by atoms with van der Waals surface area (Å²) in [6.07, 6.45) is 5.51. The third kappa shape index (κ3) is 1.35. The molecule has 0 aliphatic rings. The molecule has 3 heterocycles. The minimum absolute atomic E-state index is 0.822. The molecule has 0 bridgehead atoms. The summed E-state index contributed by atoms with van der Waals surface area (Å²) in [7, 11) is 0. The molecule has 4 nitrogen and oxygen atoms in total. The fraction of sp³-hybridized carbons (Fsp3) is 0.0833. The Kier molecular flexibility index (Phi) is 1.93. The first-order chi connectivity index (χ1) is 7.84. The molecule has 16 heavy (non-hydrogen) atoms. The van der Waals surface area contributed by atoms with E-state index in [0.29, 0.717) is 0 Å². The van der Waals surface area contributed by atoms with Gasteiger partial charge in [0.1, 0.15) is 0 Å². The van der Waals surface area contributed by atoms with Gasteiger partial charge in [-0.15, -0.1) is 10.2 Å². The summed E-state index contributed by atoms with van der Waals surface area (Å²) < 4.78 is 1.96. The Labute approximate surface area is 92.6 Å². The van der Waals surface area contributed by atoms with Crippen LogP contribution >= 0.6 is 0 Å². The molecule has 0 saturated heterocycles. The van der Waals surface area contributed by atoms with Gasteiger partial charge < -0.3 is 0 Å². The number of rotatable bonds is 1. The zero-order valence-corrected chi connectivity index (χ0v) is 8.83. The minimum Gasteiger partial charge on any atom is -0.282 e. The molecular formula is C12H10N4. The van der Waals surface area contributed by atoms with Crippen molar-refractivity contribution in [2.45, 2.75) is 6.92 Å². The Morgan fingerprint density at radius 2 is 2.12 bits per heavy atom. The van der Waals surface area contributed by atoms with Crippen LogP contribution in [0.3, 0.4) is 0 Å². The Morgan fingerprint density at radius 1 is 1.19 bits per heavy atom. The molecule has 3 rings (SSSR count). The number of aryl methyl sites for hydroxylation is 1. The van der Waals surface area contributed by atoms with E-state index < -0.39 is 0 Å². The Balaban J connectivity index is 2.26. The van der Waals surface area contributed by atoms with Gasteiger partial charge in [0.15, 0.2) is 11.5 Å². The number of nitrogens with zero attached hydrogens (tertiary/aromatic N) is 4. The first kappa shape index (κ1) is 9.03. The second-order valence-corrected chi connectivity index (χ2v) is 3.70. The lowest BCUT2D eigenvalue weighted by molar-refractivity contribution is 1.10. The zero-order valence-electron chi connectivity index (χ0n) is 8.83. The van der Waals surface area contributed by atoms with E-state index in [-0.39, 0.29) is 0 Å². The summed E-state index contributed by atoms with van der Waals surface area (Å²) in [6, 6.07) is 7.91. The van der Waals surface area contributed by atoms with Gasteiger partial charge in [-0.05, 0) is 36.8 Å². The molecule has 0 fully saturated rings. The summed E-state index contributed by atoms with van der Waals surface area (Å²) in [4.78, 5) is 4.08. The lowest BCUT2D eigenvalue weighted by Gasteiger charge is -1.99. The molecule has 0 aromatic carbocycles. The van der Waals surface area contributed by atoms with Crippen LogP contribution in [0, 0.1) is 6.92 Å². The van der Waals surface area contributed by atoms with Crippen molar-refractivity contribution < 1.29 is 0 Å². The topological polar surface area (TPSA) is 43.1 Å². The molecule has 4 heteroatoms. The van der Waals surface area contributed by atoms with Crippen LogP contribution in [0.4, 0.5) is 0 Å². The number of aromatic nitrogens is 4. The van der Waals surface area contributed by atoms with Gasteiger partial charge in [-0.3, -0.25) is 9.38 Å². The van der Waals surface area contributed by atoms with Gasteiger partial charge in [0.05, 0.1) is 0 Å². The molecule has 0 N–H and O–H groups in total. The predicted octanol–water partition coefficient (Wildman–Crippen LogP) is 2.10. The van der Waals surface area contributed by atoms with Crippen LogP contribution in [-0.4, -0.2) is 19.6 Å². The Bertz CT molecular complexity index is 628. The normalized spacial score (nSPS) is 10.8. The third-order valence-corrected chi connectivity index (χ3v) is 2.49. The smallest absolute Gasteiger partial charge is 0.169 e. The molecule has 0 unspecified atom stereocenters. The van der Waals surface area contributed by atoms with Crippen molar-refractivity contribution in [2.75, 3.05) is 0 Å². The van der Waals surface area contributed by atoms with Crippen molar-refractivity contribution in [1.29, 1.82) is 0 Å².